The first-order valence-corrected chi connectivity index (χ1v) is 13.2. The van der Waals surface area contributed by atoms with Crippen LogP contribution in [0.4, 0.5) is 0 Å². The van der Waals surface area contributed by atoms with Crippen LogP contribution in [0, 0.1) is 26.7 Å². The highest BCUT2D eigenvalue weighted by Crippen LogP contribution is 2.57. The van der Waals surface area contributed by atoms with Crippen LogP contribution in [0.25, 0.3) is 0 Å². The molecule has 0 fully saturated rings. The van der Waals surface area contributed by atoms with Gasteiger partial charge in [-0.1, -0.05) is 93.9 Å². The number of carbonyl (C=O) groups is 1. The molecule has 2 aromatic rings. The second kappa shape index (κ2) is 11.2. The molecular weight excluding hydrogens is 422 g/mol. The van der Waals surface area contributed by atoms with Crippen molar-refractivity contribution in [2.24, 2.45) is 5.92 Å². The standard InChI is InChI=1S/C30H39NOS/c1-7-9-12-18-31-25(13-8-2)17-16-24(6)30(28-20-22(4)21(3)19-23(28)5)27-15-11-10-14-26(27)29(32)33-30/h10-11,13-17,19-20,24,31H,7-9,12,18H2,1-6H3/b17-16-,25-13+. The number of nitrogens with one attached hydrogen (secondary N) is 1. The molecule has 3 rings (SSSR count). The maximum absolute atomic E-state index is 13.2. The molecule has 0 amide bonds. The molecule has 0 spiro atoms. The van der Waals surface area contributed by atoms with E-state index in [4.69, 9.17) is 0 Å². The molecule has 1 aliphatic heterocycles. The number of rotatable bonds is 10. The number of carbonyl (C=O) groups excluding carboxylic acids is 1. The van der Waals surface area contributed by atoms with Crippen LogP contribution in [-0.2, 0) is 4.75 Å². The van der Waals surface area contributed by atoms with Crippen molar-refractivity contribution in [3.05, 3.63) is 93.7 Å². The fourth-order valence-corrected chi connectivity index (χ4v) is 6.26. The fourth-order valence-electron chi connectivity index (χ4n) is 4.80. The Labute approximate surface area is 205 Å². The molecule has 0 aliphatic carbocycles. The van der Waals surface area contributed by atoms with Crippen molar-refractivity contribution in [2.75, 3.05) is 6.54 Å². The summed E-state index contributed by atoms with van der Waals surface area (Å²) in [5.74, 6) is 0.133. The van der Waals surface area contributed by atoms with Gasteiger partial charge in [0.15, 0.2) is 0 Å². The minimum absolute atomic E-state index is 0.133. The first kappa shape index (κ1) is 25.4. The molecule has 1 aliphatic rings. The molecule has 33 heavy (non-hydrogen) atoms. The molecule has 0 saturated carbocycles. The van der Waals surface area contributed by atoms with Gasteiger partial charge in [-0.25, -0.2) is 0 Å². The second-order valence-electron chi connectivity index (χ2n) is 9.27. The van der Waals surface area contributed by atoms with Crippen LogP contribution in [-0.4, -0.2) is 11.7 Å². The van der Waals surface area contributed by atoms with Crippen molar-refractivity contribution >= 4 is 16.9 Å². The van der Waals surface area contributed by atoms with Crippen molar-refractivity contribution in [1.29, 1.82) is 0 Å². The van der Waals surface area contributed by atoms with Gasteiger partial charge in [-0.05, 0) is 73.4 Å². The molecule has 1 N–H and O–H groups in total. The van der Waals surface area contributed by atoms with Gasteiger partial charge in [0.25, 0.3) is 0 Å². The predicted molar refractivity (Wildman–Crippen MR) is 144 cm³/mol. The average molecular weight is 462 g/mol. The van der Waals surface area contributed by atoms with Crippen molar-refractivity contribution in [3.63, 3.8) is 0 Å². The van der Waals surface area contributed by atoms with Gasteiger partial charge < -0.3 is 5.32 Å². The Morgan fingerprint density at radius 1 is 1.03 bits per heavy atom. The third-order valence-corrected chi connectivity index (χ3v) is 8.32. The Morgan fingerprint density at radius 2 is 1.76 bits per heavy atom. The zero-order valence-corrected chi connectivity index (χ0v) is 21.9. The molecule has 2 aromatic carbocycles. The minimum atomic E-state index is -0.424. The summed E-state index contributed by atoms with van der Waals surface area (Å²) in [5.41, 5.74) is 8.23. The summed E-state index contributed by atoms with van der Waals surface area (Å²) < 4.78 is -0.424. The van der Waals surface area contributed by atoms with E-state index < -0.39 is 4.75 Å². The average Bonchev–Trinajstić information content (AvgIpc) is 3.10. The van der Waals surface area contributed by atoms with Crippen LogP contribution < -0.4 is 5.32 Å². The third-order valence-electron chi connectivity index (χ3n) is 6.78. The molecule has 0 radical (unpaired) electrons. The lowest BCUT2D eigenvalue weighted by atomic mass is 9.76. The van der Waals surface area contributed by atoms with Crippen molar-refractivity contribution in [3.8, 4) is 0 Å². The van der Waals surface area contributed by atoms with E-state index in [1.165, 1.54) is 59.0 Å². The smallest absolute Gasteiger partial charge is 0.220 e. The molecule has 0 saturated heterocycles. The summed E-state index contributed by atoms with van der Waals surface area (Å²) in [6.07, 6.45) is 11.4. The summed E-state index contributed by atoms with van der Waals surface area (Å²) in [6, 6.07) is 12.8. The lowest BCUT2D eigenvalue weighted by Crippen LogP contribution is -2.30. The van der Waals surface area contributed by atoms with Crippen molar-refractivity contribution in [2.45, 2.75) is 72.0 Å². The summed E-state index contributed by atoms with van der Waals surface area (Å²) in [7, 11) is 0. The summed E-state index contributed by atoms with van der Waals surface area (Å²) in [6.45, 7) is 14.2. The molecule has 2 atom stereocenters. The van der Waals surface area contributed by atoms with Crippen LogP contribution >= 0.6 is 11.8 Å². The highest BCUT2D eigenvalue weighted by molar-refractivity contribution is 8.15. The second-order valence-corrected chi connectivity index (χ2v) is 10.5. The minimum Gasteiger partial charge on any atom is -0.385 e. The zero-order valence-electron chi connectivity index (χ0n) is 21.1. The predicted octanol–water partition coefficient (Wildman–Crippen LogP) is 8.01. The number of hydrogen-bond donors (Lipinski definition) is 1. The van der Waals surface area contributed by atoms with E-state index >= 15 is 0 Å². The Morgan fingerprint density at radius 3 is 2.48 bits per heavy atom. The van der Waals surface area contributed by atoms with Crippen LogP contribution in [0.15, 0.2) is 60.3 Å². The molecule has 0 aromatic heterocycles. The molecule has 2 nitrogen and oxygen atoms in total. The Hall–Kier alpha value is -2.26. The SMILES string of the molecule is CC/C=C(\C=C/C(C)C1(c2cc(C)c(C)cc2C)SC(=O)c2ccccc21)NCCCCC. The number of allylic oxidation sites excluding steroid dienone is 3. The summed E-state index contributed by atoms with van der Waals surface area (Å²) >= 11 is 1.49. The monoisotopic (exact) mass is 461 g/mol. The molecule has 3 heteroatoms. The quantitative estimate of drug-likeness (QED) is 0.287. The van der Waals surface area contributed by atoms with E-state index in [9.17, 15) is 4.79 Å². The lowest BCUT2D eigenvalue weighted by Gasteiger charge is -2.36. The van der Waals surface area contributed by atoms with Crippen molar-refractivity contribution < 1.29 is 4.79 Å². The number of thioether (sulfide) groups is 1. The third kappa shape index (κ3) is 5.30. The van der Waals surface area contributed by atoms with Crippen LogP contribution in [0.5, 0.6) is 0 Å². The van der Waals surface area contributed by atoms with E-state index in [1.54, 1.807) is 0 Å². The maximum atomic E-state index is 13.2. The van der Waals surface area contributed by atoms with Gasteiger partial charge in [0, 0.05) is 17.8 Å². The molecule has 0 bridgehead atoms. The Kier molecular flexibility index (Phi) is 8.64. The Balaban J connectivity index is 2.05. The maximum Gasteiger partial charge on any atom is 0.220 e. The van der Waals surface area contributed by atoms with Gasteiger partial charge in [0.1, 0.15) is 0 Å². The van der Waals surface area contributed by atoms with E-state index in [1.807, 2.05) is 12.1 Å². The van der Waals surface area contributed by atoms with E-state index in [0.717, 1.165) is 24.1 Å². The first-order valence-electron chi connectivity index (χ1n) is 12.4. The topological polar surface area (TPSA) is 29.1 Å². The van der Waals surface area contributed by atoms with Crippen LogP contribution in [0.1, 0.15) is 84.6 Å². The van der Waals surface area contributed by atoms with Gasteiger partial charge in [0.2, 0.25) is 5.12 Å². The van der Waals surface area contributed by atoms with E-state index in [2.05, 4.69) is 89.4 Å². The number of fused-ring (bicyclic) bond motifs is 1. The summed E-state index contributed by atoms with van der Waals surface area (Å²) in [4.78, 5) is 13.2. The lowest BCUT2D eigenvalue weighted by molar-refractivity contribution is 0.109. The van der Waals surface area contributed by atoms with Gasteiger partial charge >= 0.3 is 0 Å². The molecule has 176 valence electrons. The largest absolute Gasteiger partial charge is 0.385 e. The van der Waals surface area contributed by atoms with Crippen molar-refractivity contribution in [1.82, 2.24) is 5.32 Å². The van der Waals surface area contributed by atoms with Gasteiger partial charge in [-0.2, -0.15) is 0 Å². The number of unbranched alkanes of at least 4 members (excludes halogenated alkanes) is 2. The zero-order chi connectivity index (χ0) is 24.0. The first-order chi connectivity index (χ1) is 15.8. The number of hydrogen-bond acceptors (Lipinski definition) is 3. The molecular formula is C30H39NOS. The highest BCUT2D eigenvalue weighted by atomic mass is 32.2. The van der Waals surface area contributed by atoms with E-state index in [-0.39, 0.29) is 11.0 Å². The highest BCUT2D eigenvalue weighted by Gasteiger charge is 2.49. The number of benzene rings is 2. The van der Waals surface area contributed by atoms with Gasteiger partial charge in [-0.3, -0.25) is 4.79 Å². The summed E-state index contributed by atoms with van der Waals surface area (Å²) in [5, 5.41) is 3.78. The van der Waals surface area contributed by atoms with Crippen LogP contribution in [0.2, 0.25) is 0 Å². The van der Waals surface area contributed by atoms with Gasteiger partial charge in [-0.15, -0.1) is 0 Å². The van der Waals surface area contributed by atoms with Gasteiger partial charge in [0.05, 0.1) is 4.75 Å². The fraction of sp³-hybridized carbons (Fsp3) is 0.433. The van der Waals surface area contributed by atoms with E-state index in [0.29, 0.717) is 0 Å². The molecule has 1 heterocycles. The molecule has 2 unspecified atom stereocenters. The van der Waals surface area contributed by atoms with Crippen LogP contribution in [0.3, 0.4) is 0 Å². The Bertz CT molecular complexity index is 1050. The normalized spacial score (nSPS) is 19.2. The number of aryl methyl sites for hydroxylation is 3.